The Balaban J connectivity index is 1.70. The van der Waals surface area contributed by atoms with Crippen LogP contribution in [0.15, 0.2) is 65.6 Å². The standard InChI is InChI=1S/C27H29N5O2/c1-17-7-6-8-20(13-17)18(2)28-27-23-14-21(9-10-24(23)29-19(3)30-27)22-11-12-32(25(33)15-22)16-26(34)31(4)5/h6-15,18H,16H2,1-5H3,(H,28,29,30)/t18-/m1/s1. The van der Waals surface area contributed by atoms with Crippen LogP contribution in [0.3, 0.4) is 0 Å². The lowest BCUT2D eigenvalue weighted by atomic mass is 10.0. The van der Waals surface area contributed by atoms with Crippen molar-refractivity contribution in [3.05, 3.63) is 88.1 Å². The highest BCUT2D eigenvalue weighted by atomic mass is 16.2. The summed E-state index contributed by atoms with van der Waals surface area (Å²) in [5.74, 6) is 1.31. The van der Waals surface area contributed by atoms with Gasteiger partial charge in [-0.3, -0.25) is 9.59 Å². The summed E-state index contributed by atoms with van der Waals surface area (Å²) < 4.78 is 1.41. The molecule has 0 unspecified atom stereocenters. The molecule has 4 aromatic rings. The molecule has 1 atom stereocenters. The maximum Gasteiger partial charge on any atom is 0.251 e. The third-order valence-electron chi connectivity index (χ3n) is 5.84. The molecule has 7 heteroatoms. The molecule has 1 N–H and O–H groups in total. The van der Waals surface area contributed by atoms with E-state index in [1.54, 1.807) is 26.4 Å². The number of nitrogens with zero attached hydrogens (tertiary/aromatic N) is 4. The number of anilines is 1. The minimum Gasteiger partial charge on any atom is -0.363 e. The third-order valence-corrected chi connectivity index (χ3v) is 5.84. The Kier molecular flexibility index (Phi) is 6.45. The summed E-state index contributed by atoms with van der Waals surface area (Å²) in [4.78, 5) is 35.3. The summed E-state index contributed by atoms with van der Waals surface area (Å²) in [5.41, 5.74) is 4.66. The molecule has 174 valence electrons. The molecule has 2 aromatic heterocycles. The van der Waals surface area contributed by atoms with Crippen LogP contribution in [0.1, 0.15) is 29.9 Å². The number of fused-ring (bicyclic) bond motifs is 1. The number of nitrogens with one attached hydrogen (secondary N) is 1. The number of hydrogen-bond acceptors (Lipinski definition) is 5. The SMILES string of the molecule is Cc1cccc([C@@H](C)Nc2nc(C)nc3ccc(-c4ccn(CC(=O)N(C)C)c(=O)c4)cc23)c1. The Morgan fingerprint density at radius 2 is 1.79 bits per heavy atom. The molecule has 2 aromatic carbocycles. The Morgan fingerprint density at radius 3 is 2.50 bits per heavy atom. The van der Waals surface area contributed by atoms with Gasteiger partial charge in [0.25, 0.3) is 5.56 Å². The molecular weight excluding hydrogens is 426 g/mol. The van der Waals surface area contributed by atoms with Crippen molar-refractivity contribution in [2.45, 2.75) is 33.4 Å². The molecular formula is C27H29N5O2. The Morgan fingerprint density at radius 1 is 1.03 bits per heavy atom. The number of aryl methyl sites for hydroxylation is 2. The van der Waals surface area contributed by atoms with Crippen LogP contribution in [0.25, 0.3) is 22.0 Å². The third kappa shape index (κ3) is 4.98. The van der Waals surface area contributed by atoms with Crippen LogP contribution >= 0.6 is 0 Å². The largest absolute Gasteiger partial charge is 0.363 e. The predicted octanol–water partition coefficient (Wildman–Crippen LogP) is 4.34. The second-order valence-corrected chi connectivity index (χ2v) is 8.80. The van der Waals surface area contributed by atoms with Crippen molar-refractivity contribution in [2.24, 2.45) is 0 Å². The second-order valence-electron chi connectivity index (χ2n) is 8.80. The first kappa shape index (κ1) is 23.2. The molecule has 0 saturated heterocycles. The van der Waals surface area contributed by atoms with Crippen molar-refractivity contribution >= 4 is 22.6 Å². The van der Waals surface area contributed by atoms with Gasteiger partial charge in [0, 0.05) is 37.8 Å². The van der Waals surface area contributed by atoms with Gasteiger partial charge in [-0.1, -0.05) is 35.9 Å². The van der Waals surface area contributed by atoms with Gasteiger partial charge in [-0.25, -0.2) is 9.97 Å². The summed E-state index contributed by atoms with van der Waals surface area (Å²) in [5, 5.41) is 4.43. The smallest absolute Gasteiger partial charge is 0.251 e. The molecule has 2 heterocycles. The maximum absolute atomic E-state index is 12.6. The number of aromatic nitrogens is 3. The minimum absolute atomic E-state index is 0.0157. The maximum atomic E-state index is 12.6. The number of benzene rings is 2. The normalized spacial score (nSPS) is 11.9. The molecule has 0 aliphatic heterocycles. The van der Waals surface area contributed by atoms with Gasteiger partial charge in [0.05, 0.1) is 5.52 Å². The van der Waals surface area contributed by atoms with Crippen LogP contribution in [0, 0.1) is 13.8 Å². The van der Waals surface area contributed by atoms with E-state index >= 15 is 0 Å². The first-order chi connectivity index (χ1) is 16.2. The zero-order valence-electron chi connectivity index (χ0n) is 20.2. The lowest BCUT2D eigenvalue weighted by molar-refractivity contribution is -0.129. The topological polar surface area (TPSA) is 80.1 Å². The molecule has 0 spiro atoms. The Labute approximate surface area is 199 Å². The number of rotatable bonds is 6. The van der Waals surface area contributed by atoms with Crippen molar-refractivity contribution in [1.82, 2.24) is 19.4 Å². The summed E-state index contributed by atoms with van der Waals surface area (Å²) in [6.45, 7) is 6.08. The molecule has 0 radical (unpaired) electrons. The van der Waals surface area contributed by atoms with Crippen LogP contribution in [0.4, 0.5) is 5.82 Å². The van der Waals surface area contributed by atoms with E-state index in [2.05, 4.69) is 53.4 Å². The van der Waals surface area contributed by atoms with Crippen LogP contribution < -0.4 is 10.9 Å². The summed E-state index contributed by atoms with van der Waals surface area (Å²) in [7, 11) is 3.35. The van der Waals surface area contributed by atoms with Gasteiger partial charge in [-0.05, 0) is 55.7 Å². The van der Waals surface area contributed by atoms with E-state index in [1.165, 1.54) is 20.6 Å². The van der Waals surface area contributed by atoms with Gasteiger partial charge in [0.1, 0.15) is 18.2 Å². The molecule has 34 heavy (non-hydrogen) atoms. The van der Waals surface area contributed by atoms with E-state index < -0.39 is 0 Å². The van der Waals surface area contributed by atoms with E-state index in [0.717, 1.165) is 27.8 Å². The number of likely N-dealkylation sites (N-methyl/N-ethyl adjacent to an activating group) is 1. The van der Waals surface area contributed by atoms with E-state index in [4.69, 9.17) is 0 Å². The molecule has 0 saturated carbocycles. The Hall–Kier alpha value is -4.00. The van der Waals surface area contributed by atoms with E-state index in [9.17, 15) is 9.59 Å². The molecule has 0 aliphatic carbocycles. The Bertz CT molecular complexity index is 1420. The molecule has 0 aliphatic rings. The summed E-state index contributed by atoms with van der Waals surface area (Å²) >= 11 is 0. The number of carbonyl (C=O) groups is 1. The average Bonchev–Trinajstić information content (AvgIpc) is 2.80. The highest BCUT2D eigenvalue weighted by molar-refractivity contribution is 5.92. The fourth-order valence-electron chi connectivity index (χ4n) is 3.87. The predicted molar refractivity (Wildman–Crippen MR) is 136 cm³/mol. The summed E-state index contributed by atoms with van der Waals surface area (Å²) in [6.07, 6.45) is 1.66. The molecule has 1 amide bonds. The van der Waals surface area contributed by atoms with Crippen molar-refractivity contribution in [3.63, 3.8) is 0 Å². The van der Waals surface area contributed by atoms with Crippen LogP contribution in [-0.4, -0.2) is 39.4 Å². The molecule has 4 rings (SSSR count). The van der Waals surface area contributed by atoms with Gasteiger partial charge >= 0.3 is 0 Å². The molecule has 0 fully saturated rings. The van der Waals surface area contributed by atoms with E-state index in [0.29, 0.717) is 5.82 Å². The van der Waals surface area contributed by atoms with E-state index in [1.807, 2.05) is 31.2 Å². The lowest BCUT2D eigenvalue weighted by Crippen LogP contribution is -2.31. The van der Waals surface area contributed by atoms with Gasteiger partial charge in [-0.15, -0.1) is 0 Å². The van der Waals surface area contributed by atoms with Crippen LogP contribution in [0.5, 0.6) is 0 Å². The summed E-state index contributed by atoms with van der Waals surface area (Å²) in [6, 6.07) is 17.8. The number of pyridine rings is 1. The van der Waals surface area contributed by atoms with Gasteiger partial charge < -0.3 is 14.8 Å². The molecule has 0 bridgehead atoms. The van der Waals surface area contributed by atoms with E-state index in [-0.39, 0.29) is 24.1 Å². The minimum atomic E-state index is -0.223. The highest BCUT2D eigenvalue weighted by Gasteiger charge is 2.13. The van der Waals surface area contributed by atoms with Crippen molar-refractivity contribution < 1.29 is 4.79 Å². The monoisotopic (exact) mass is 455 g/mol. The number of hydrogen-bond donors (Lipinski definition) is 1. The lowest BCUT2D eigenvalue weighted by Gasteiger charge is -2.18. The zero-order valence-corrected chi connectivity index (χ0v) is 20.2. The van der Waals surface area contributed by atoms with Gasteiger partial charge in [0.2, 0.25) is 5.91 Å². The van der Waals surface area contributed by atoms with Crippen molar-refractivity contribution in [2.75, 3.05) is 19.4 Å². The highest BCUT2D eigenvalue weighted by Crippen LogP contribution is 2.29. The average molecular weight is 456 g/mol. The zero-order chi connectivity index (χ0) is 24.4. The number of carbonyl (C=O) groups excluding carboxylic acids is 1. The first-order valence-electron chi connectivity index (χ1n) is 11.2. The van der Waals surface area contributed by atoms with Crippen molar-refractivity contribution in [1.29, 1.82) is 0 Å². The van der Waals surface area contributed by atoms with Crippen molar-refractivity contribution in [3.8, 4) is 11.1 Å². The van der Waals surface area contributed by atoms with Crippen LogP contribution in [-0.2, 0) is 11.3 Å². The fraction of sp³-hybridized carbons (Fsp3) is 0.259. The second kappa shape index (κ2) is 9.47. The van der Waals surface area contributed by atoms with Gasteiger partial charge in [-0.2, -0.15) is 0 Å². The fourth-order valence-corrected chi connectivity index (χ4v) is 3.87. The molecule has 7 nitrogen and oxygen atoms in total. The first-order valence-corrected chi connectivity index (χ1v) is 11.2. The quantitative estimate of drug-likeness (QED) is 0.468. The van der Waals surface area contributed by atoms with Crippen LogP contribution in [0.2, 0.25) is 0 Å². The van der Waals surface area contributed by atoms with Gasteiger partial charge in [0.15, 0.2) is 0 Å². The number of amides is 1.